The lowest BCUT2D eigenvalue weighted by Gasteiger charge is -2.04. The number of aromatic nitrogens is 3. The highest BCUT2D eigenvalue weighted by atomic mass is 32.1. The fourth-order valence-corrected chi connectivity index (χ4v) is 2.85. The summed E-state index contributed by atoms with van der Waals surface area (Å²) in [5.41, 5.74) is 8.58. The quantitative estimate of drug-likeness (QED) is 0.719. The lowest BCUT2D eigenvalue weighted by Crippen LogP contribution is -2.01. The molecule has 0 spiro atoms. The van der Waals surface area contributed by atoms with Gasteiger partial charge in [0, 0.05) is 16.8 Å². The average molecular weight is 258 g/mol. The molecule has 0 amide bonds. The zero-order valence-corrected chi connectivity index (χ0v) is 11.2. The Morgan fingerprint density at radius 1 is 1.33 bits per heavy atom. The second-order valence-electron chi connectivity index (χ2n) is 4.36. The summed E-state index contributed by atoms with van der Waals surface area (Å²) < 4.78 is 2.17. The van der Waals surface area contributed by atoms with E-state index >= 15 is 0 Å². The van der Waals surface area contributed by atoms with Crippen LogP contribution in [0.1, 0.15) is 15.7 Å². The van der Waals surface area contributed by atoms with E-state index in [9.17, 15) is 0 Å². The average Bonchev–Trinajstić information content (AvgIpc) is 2.84. The van der Waals surface area contributed by atoms with Gasteiger partial charge in [0.25, 0.3) is 0 Å². The molecule has 2 N–H and O–H groups in total. The highest BCUT2D eigenvalue weighted by Crippen LogP contribution is 2.21. The van der Waals surface area contributed by atoms with Gasteiger partial charge in [0.2, 0.25) is 0 Å². The Bertz CT molecular complexity index is 711. The van der Waals surface area contributed by atoms with Gasteiger partial charge < -0.3 is 10.3 Å². The maximum atomic E-state index is 5.78. The Kier molecular flexibility index (Phi) is 2.56. The third kappa shape index (κ3) is 1.86. The van der Waals surface area contributed by atoms with E-state index in [0.29, 0.717) is 0 Å². The summed E-state index contributed by atoms with van der Waals surface area (Å²) in [6.07, 6.45) is 1.91. The molecule has 0 aliphatic carbocycles. The van der Waals surface area contributed by atoms with Gasteiger partial charge in [0.1, 0.15) is 10.8 Å². The lowest BCUT2D eigenvalue weighted by molar-refractivity contribution is 0.780. The van der Waals surface area contributed by atoms with Gasteiger partial charge in [-0.3, -0.25) is 0 Å². The van der Waals surface area contributed by atoms with Crippen molar-refractivity contribution in [2.24, 2.45) is 0 Å². The molecule has 0 unspecified atom stereocenters. The normalized spacial score (nSPS) is 11.2. The molecule has 0 saturated carbocycles. The SMILES string of the molecule is Cc1cnc(Cn2c(C)nc3cc(N)ccc32)s1. The van der Waals surface area contributed by atoms with Gasteiger partial charge in [0.05, 0.1) is 17.6 Å². The topological polar surface area (TPSA) is 56.7 Å². The zero-order valence-electron chi connectivity index (χ0n) is 10.3. The molecular formula is C13H14N4S. The molecule has 0 radical (unpaired) electrons. The molecule has 4 nitrogen and oxygen atoms in total. The van der Waals surface area contributed by atoms with Crippen LogP contribution in [0, 0.1) is 13.8 Å². The van der Waals surface area contributed by atoms with Crippen LogP contribution in [0.2, 0.25) is 0 Å². The molecule has 2 heterocycles. The third-order valence-electron chi connectivity index (χ3n) is 2.93. The molecule has 1 aromatic carbocycles. The predicted molar refractivity (Wildman–Crippen MR) is 74.8 cm³/mol. The van der Waals surface area contributed by atoms with E-state index in [4.69, 9.17) is 5.73 Å². The molecule has 0 fully saturated rings. The Labute approximate surface area is 109 Å². The van der Waals surface area contributed by atoms with E-state index in [0.717, 1.165) is 34.1 Å². The van der Waals surface area contributed by atoms with Gasteiger partial charge in [-0.15, -0.1) is 11.3 Å². The number of anilines is 1. The summed E-state index contributed by atoms with van der Waals surface area (Å²) in [6, 6.07) is 5.84. The predicted octanol–water partition coefficient (Wildman–Crippen LogP) is 2.74. The number of hydrogen-bond acceptors (Lipinski definition) is 4. The summed E-state index contributed by atoms with van der Waals surface area (Å²) in [5, 5.41) is 1.10. The molecule has 0 bridgehead atoms. The van der Waals surface area contributed by atoms with Crippen LogP contribution in [-0.2, 0) is 6.54 Å². The smallest absolute Gasteiger partial charge is 0.113 e. The van der Waals surface area contributed by atoms with Crippen molar-refractivity contribution in [2.75, 3.05) is 5.73 Å². The number of nitrogens with zero attached hydrogens (tertiary/aromatic N) is 3. The van der Waals surface area contributed by atoms with E-state index in [-0.39, 0.29) is 0 Å². The maximum Gasteiger partial charge on any atom is 0.113 e. The van der Waals surface area contributed by atoms with Crippen molar-refractivity contribution < 1.29 is 0 Å². The van der Waals surface area contributed by atoms with Gasteiger partial charge in [-0.2, -0.15) is 0 Å². The molecule has 3 rings (SSSR count). The van der Waals surface area contributed by atoms with Crippen LogP contribution in [0.5, 0.6) is 0 Å². The van der Waals surface area contributed by atoms with Crippen molar-refractivity contribution in [2.45, 2.75) is 20.4 Å². The molecule has 92 valence electrons. The molecule has 0 aliphatic rings. The van der Waals surface area contributed by atoms with Crippen molar-refractivity contribution in [3.63, 3.8) is 0 Å². The molecular weight excluding hydrogens is 244 g/mol. The summed E-state index contributed by atoms with van der Waals surface area (Å²) in [7, 11) is 0. The van der Waals surface area contributed by atoms with Crippen LogP contribution in [0.25, 0.3) is 11.0 Å². The molecule has 2 aromatic heterocycles. The van der Waals surface area contributed by atoms with E-state index in [2.05, 4.69) is 21.5 Å². The number of benzene rings is 1. The zero-order chi connectivity index (χ0) is 12.7. The van der Waals surface area contributed by atoms with Crippen molar-refractivity contribution in [3.05, 3.63) is 40.1 Å². The van der Waals surface area contributed by atoms with Gasteiger partial charge >= 0.3 is 0 Å². The molecule has 3 aromatic rings. The summed E-state index contributed by atoms with van der Waals surface area (Å²) >= 11 is 1.72. The lowest BCUT2D eigenvalue weighted by atomic mass is 10.3. The van der Waals surface area contributed by atoms with Crippen molar-refractivity contribution in [1.29, 1.82) is 0 Å². The van der Waals surface area contributed by atoms with Crippen LogP contribution in [0.15, 0.2) is 24.4 Å². The first-order valence-corrected chi connectivity index (χ1v) is 6.59. The van der Waals surface area contributed by atoms with E-state index in [1.807, 2.05) is 31.3 Å². The van der Waals surface area contributed by atoms with Gasteiger partial charge in [-0.05, 0) is 32.0 Å². The van der Waals surface area contributed by atoms with E-state index in [1.165, 1.54) is 4.88 Å². The van der Waals surface area contributed by atoms with Crippen LogP contribution in [0.3, 0.4) is 0 Å². The molecule has 0 atom stereocenters. The monoisotopic (exact) mass is 258 g/mol. The first kappa shape index (κ1) is 11.2. The van der Waals surface area contributed by atoms with Gasteiger partial charge in [-0.25, -0.2) is 9.97 Å². The van der Waals surface area contributed by atoms with Crippen LogP contribution < -0.4 is 5.73 Å². The van der Waals surface area contributed by atoms with E-state index < -0.39 is 0 Å². The fourth-order valence-electron chi connectivity index (χ4n) is 2.08. The Hall–Kier alpha value is -1.88. The number of nitrogen functional groups attached to an aromatic ring is 1. The summed E-state index contributed by atoms with van der Waals surface area (Å²) in [5.74, 6) is 0.989. The van der Waals surface area contributed by atoms with Crippen molar-refractivity contribution in [1.82, 2.24) is 14.5 Å². The fraction of sp³-hybridized carbons (Fsp3) is 0.231. The van der Waals surface area contributed by atoms with Gasteiger partial charge in [-0.1, -0.05) is 0 Å². The minimum absolute atomic E-state index is 0.747. The second-order valence-corrected chi connectivity index (χ2v) is 5.68. The summed E-state index contributed by atoms with van der Waals surface area (Å²) in [4.78, 5) is 10.2. The number of thiazole rings is 1. The number of imidazole rings is 1. The first-order valence-electron chi connectivity index (χ1n) is 5.77. The van der Waals surface area contributed by atoms with Crippen molar-refractivity contribution in [3.8, 4) is 0 Å². The summed E-state index contributed by atoms with van der Waals surface area (Å²) in [6.45, 7) is 4.85. The highest BCUT2D eigenvalue weighted by molar-refractivity contribution is 7.11. The Morgan fingerprint density at radius 2 is 2.17 bits per heavy atom. The third-order valence-corrected chi connectivity index (χ3v) is 3.82. The molecule has 0 saturated heterocycles. The number of hydrogen-bond donors (Lipinski definition) is 1. The molecule has 0 aliphatic heterocycles. The Morgan fingerprint density at radius 3 is 2.89 bits per heavy atom. The number of fused-ring (bicyclic) bond motifs is 1. The number of rotatable bonds is 2. The standard InChI is InChI=1S/C13H14N4S/c1-8-6-15-13(18-8)7-17-9(2)16-11-5-10(14)3-4-12(11)17/h3-6H,7,14H2,1-2H3. The maximum absolute atomic E-state index is 5.78. The van der Waals surface area contributed by atoms with Gasteiger partial charge in [0.15, 0.2) is 0 Å². The highest BCUT2D eigenvalue weighted by Gasteiger charge is 2.09. The van der Waals surface area contributed by atoms with E-state index in [1.54, 1.807) is 11.3 Å². The molecule has 5 heteroatoms. The minimum Gasteiger partial charge on any atom is -0.399 e. The van der Waals surface area contributed by atoms with Crippen LogP contribution in [0.4, 0.5) is 5.69 Å². The Balaban J connectivity index is 2.08. The first-order chi connectivity index (χ1) is 8.63. The number of nitrogens with two attached hydrogens (primary N) is 1. The second kappa shape index (κ2) is 4.10. The van der Waals surface area contributed by atoms with Crippen LogP contribution >= 0.6 is 11.3 Å². The van der Waals surface area contributed by atoms with Crippen molar-refractivity contribution >= 4 is 28.1 Å². The largest absolute Gasteiger partial charge is 0.399 e. The molecule has 18 heavy (non-hydrogen) atoms. The number of aryl methyl sites for hydroxylation is 2. The van der Waals surface area contributed by atoms with Crippen LogP contribution in [-0.4, -0.2) is 14.5 Å². The minimum atomic E-state index is 0.747.